The normalized spacial score (nSPS) is 11.2. The number of ether oxygens (including phenoxy) is 1. The minimum Gasteiger partial charge on any atom is -0.496 e. The summed E-state index contributed by atoms with van der Waals surface area (Å²) < 4.78 is 32.2. The van der Waals surface area contributed by atoms with Crippen LogP contribution in [-0.4, -0.2) is 28.0 Å². The zero-order chi connectivity index (χ0) is 17.6. The number of hydrogen-bond donors (Lipinski definition) is 2. The van der Waals surface area contributed by atoms with Gasteiger partial charge in [0.1, 0.15) is 5.75 Å². The van der Waals surface area contributed by atoms with Crippen LogP contribution in [0.3, 0.4) is 0 Å². The molecule has 0 aliphatic rings. The van der Waals surface area contributed by atoms with Crippen LogP contribution in [0.25, 0.3) is 0 Å². The van der Waals surface area contributed by atoms with Crippen LogP contribution in [0.1, 0.15) is 22.3 Å². The first-order chi connectivity index (χ1) is 11.4. The standard InChI is InChI=1S/C17H20N2O4S/c1-23-16-10-9-14(12-15(16)17(18)20)24(21,22)19-11-5-8-13-6-3-2-4-7-13/h2-4,6-7,9-10,12,19H,5,8,11H2,1H3,(H2,18,20). The number of methoxy groups -OCH3 is 1. The highest BCUT2D eigenvalue weighted by Gasteiger charge is 2.18. The summed E-state index contributed by atoms with van der Waals surface area (Å²) in [7, 11) is -2.32. The molecule has 0 saturated heterocycles. The topological polar surface area (TPSA) is 98.5 Å². The molecule has 6 nitrogen and oxygen atoms in total. The van der Waals surface area contributed by atoms with Crippen molar-refractivity contribution in [3.8, 4) is 5.75 Å². The third kappa shape index (κ3) is 4.56. The van der Waals surface area contributed by atoms with Crippen molar-refractivity contribution in [2.24, 2.45) is 5.73 Å². The Bertz CT molecular complexity index is 805. The Balaban J connectivity index is 2.02. The number of amides is 1. The van der Waals surface area contributed by atoms with Crippen molar-refractivity contribution in [2.75, 3.05) is 13.7 Å². The van der Waals surface area contributed by atoms with E-state index in [2.05, 4.69) is 4.72 Å². The molecule has 0 heterocycles. The number of carbonyl (C=O) groups excluding carboxylic acids is 1. The Labute approximate surface area is 141 Å². The van der Waals surface area contributed by atoms with Gasteiger partial charge in [0, 0.05) is 6.54 Å². The van der Waals surface area contributed by atoms with Gasteiger partial charge in [0.25, 0.3) is 5.91 Å². The molecule has 0 radical (unpaired) electrons. The number of sulfonamides is 1. The first-order valence-corrected chi connectivity index (χ1v) is 8.94. The molecule has 24 heavy (non-hydrogen) atoms. The second kappa shape index (κ2) is 7.94. The van der Waals surface area contributed by atoms with Crippen LogP contribution < -0.4 is 15.2 Å². The summed E-state index contributed by atoms with van der Waals surface area (Å²) in [5, 5.41) is 0. The van der Waals surface area contributed by atoms with E-state index >= 15 is 0 Å². The number of hydrogen-bond acceptors (Lipinski definition) is 4. The van der Waals surface area contributed by atoms with Crippen LogP contribution >= 0.6 is 0 Å². The Kier molecular flexibility index (Phi) is 5.94. The fourth-order valence-electron chi connectivity index (χ4n) is 2.27. The second-order valence-corrected chi connectivity index (χ2v) is 6.98. The smallest absolute Gasteiger partial charge is 0.252 e. The van der Waals surface area contributed by atoms with E-state index in [1.54, 1.807) is 0 Å². The van der Waals surface area contributed by atoms with Crippen LogP contribution in [0.4, 0.5) is 0 Å². The average Bonchev–Trinajstić information content (AvgIpc) is 2.59. The lowest BCUT2D eigenvalue weighted by Crippen LogP contribution is -2.25. The zero-order valence-electron chi connectivity index (χ0n) is 13.4. The van der Waals surface area contributed by atoms with Crippen molar-refractivity contribution < 1.29 is 17.9 Å². The Morgan fingerprint density at radius 2 is 1.88 bits per heavy atom. The fraction of sp³-hybridized carbons (Fsp3) is 0.235. The molecule has 1 amide bonds. The molecule has 0 bridgehead atoms. The minimum absolute atomic E-state index is 0.0168. The highest BCUT2D eigenvalue weighted by molar-refractivity contribution is 7.89. The maximum atomic E-state index is 12.3. The van der Waals surface area contributed by atoms with Gasteiger partial charge >= 0.3 is 0 Å². The van der Waals surface area contributed by atoms with Gasteiger partial charge in [-0.15, -0.1) is 0 Å². The Morgan fingerprint density at radius 3 is 2.50 bits per heavy atom. The van der Waals surface area contributed by atoms with Crippen LogP contribution in [0, 0.1) is 0 Å². The second-order valence-electron chi connectivity index (χ2n) is 5.21. The van der Waals surface area contributed by atoms with Gasteiger partial charge < -0.3 is 10.5 Å². The summed E-state index contributed by atoms with van der Waals surface area (Å²) in [6, 6.07) is 13.8. The molecule has 0 aliphatic heterocycles. The molecule has 128 valence electrons. The maximum Gasteiger partial charge on any atom is 0.252 e. The first kappa shape index (κ1) is 18.0. The first-order valence-electron chi connectivity index (χ1n) is 7.45. The van der Waals surface area contributed by atoms with Gasteiger partial charge in [0.2, 0.25) is 10.0 Å². The van der Waals surface area contributed by atoms with Crippen LogP contribution in [0.2, 0.25) is 0 Å². The van der Waals surface area contributed by atoms with Crippen molar-refractivity contribution in [2.45, 2.75) is 17.7 Å². The monoisotopic (exact) mass is 348 g/mol. The Morgan fingerprint density at radius 1 is 1.17 bits per heavy atom. The van der Waals surface area contributed by atoms with E-state index in [0.717, 1.165) is 12.0 Å². The quantitative estimate of drug-likeness (QED) is 0.709. The van der Waals surface area contributed by atoms with Gasteiger partial charge in [-0.25, -0.2) is 13.1 Å². The van der Waals surface area contributed by atoms with E-state index in [1.165, 1.54) is 25.3 Å². The summed E-state index contributed by atoms with van der Waals surface area (Å²) in [5.41, 5.74) is 6.44. The molecular weight excluding hydrogens is 328 g/mol. The summed E-state index contributed by atoms with van der Waals surface area (Å²) in [4.78, 5) is 11.4. The molecule has 0 aromatic heterocycles. The number of carbonyl (C=O) groups is 1. The van der Waals surface area contributed by atoms with Gasteiger partial charge in [-0.05, 0) is 36.6 Å². The zero-order valence-corrected chi connectivity index (χ0v) is 14.2. The molecule has 2 aromatic carbocycles. The molecule has 0 saturated carbocycles. The van der Waals surface area contributed by atoms with Crippen LogP contribution in [0.15, 0.2) is 53.4 Å². The number of nitrogens with two attached hydrogens (primary N) is 1. The van der Waals surface area contributed by atoms with E-state index in [9.17, 15) is 13.2 Å². The van der Waals surface area contributed by atoms with Crippen molar-refractivity contribution in [1.29, 1.82) is 0 Å². The van der Waals surface area contributed by atoms with Crippen LogP contribution in [0.5, 0.6) is 5.75 Å². The maximum absolute atomic E-state index is 12.3. The van der Waals surface area contributed by atoms with Crippen molar-refractivity contribution >= 4 is 15.9 Å². The molecule has 0 aliphatic carbocycles. The molecule has 0 spiro atoms. The van der Waals surface area contributed by atoms with Gasteiger partial charge in [0.05, 0.1) is 17.6 Å². The summed E-state index contributed by atoms with van der Waals surface area (Å²) in [6.45, 7) is 0.301. The van der Waals surface area contributed by atoms with Crippen LogP contribution in [-0.2, 0) is 16.4 Å². The van der Waals surface area contributed by atoms with Crippen molar-refractivity contribution in [3.05, 3.63) is 59.7 Å². The van der Waals surface area contributed by atoms with Gasteiger partial charge in [-0.2, -0.15) is 0 Å². The largest absolute Gasteiger partial charge is 0.496 e. The summed E-state index contributed by atoms with van der Waals surface area (Å²) in [6.07, 6.45) is 1.45. The SMILES string of the molecule is COc1ccc(S(=O)(=O)NCCCc2ccccc2)cc1C(N)=O. The number of benzene rings is 2. The van der Waals surface area contributed by atoms with E-state index in [-0.39, 0.29) is 16.2 Å². The lowest BCUT2D eigenvalue weighted by molar-refractivity contribution is 0.0997. The molecule has 7 heteroatoms. The highest BCUT2D eigenvalue weighted by atomic mass is 32.2. The number of aryl methyl sites for hydroxylation is 1. The summed E-state index contributed by atoms with van der Waals surface area (Å²) >= 11 is 0. The molecule has 0 atom stereocenters. The minimum atomic E-state index is -3.71. The molecular formula is C17H20N2O4S. The van der Waals surface area contributed by atoms with E-state index < -0.39 is 15.9 Å². The molecule has 3 N–H and O–H groups in total. The molecule has 2 rings (SSSR count). The van der Waals surface area contributed by atoms with E-state index in [1.807, 2.05) is 30.3 Å². The lowest BCUT2D eigenvalue weighted by Gasteiger charge is -2.10. The Hall–Kier alpha value is -2.38. The fourth-order valence-corrected chi connectivity index (χ4v) is 3.37. The molecule has 0 fully saturated rings. The van der Waals surface area contributed by atoms with Gasteiger partial charge in [-0.1, -0.05) is 30.3 Å². The van der Waals surface area contributed by atoms with Crippen molar-refractivity contribution in [1.82, 2.24) is 4.72 Å². The van der Waals surface area contributed by atoms with Gasteiger partial charge in [-0.3, -0.25) is 4.79 Å². The van der Waals surface area contributed by atoms with Gasteiger partial charge in [0.15, 0.2) is 0 Å². The number of primary amides is 1. The third-order valence-electron chi connectivity index (χ3n) is 3.52. The van der Waals surface area contributed by atoms with Crippen molar-refractivity contribution in [3.63, 3.8) is 0 Å². The highest BCUT2D eigenvalue weighted by Crippen LogP contribution is 2.22. The molecule has 2 aromatic rings. The lowest BCUT2D eigenvalue weighted by atomic mass is 10.1. The van der Waals surface area contributed by atoms with E-state index in [4.69, 9.17) is 10.5 Å². The predicted octanol–water partition coefficient (Wildman–Crippen LogP) is 1.71. The predicted molar refractivity (Wildman–Crippen MR) is 91.5 cm³/mol. The average molecular weight is 348 g/mol. The number of rotatable bonds is 8. The summed E-state index contributed by atoms with van der Waals surface area (Å²) in [5.74, 6) is -0.501. The number of nitrogens with one attached hydrogen (secondary N) is 1. The van der Waals surface area contributed by atoms with E-state index in [0.29, 0.717) is 13.0 Å². The third-order valence-corrected chi connectivity index (χ3v) is 4.98. The molecule has 0 unspecified atom stereocenters.